The fourth-order valence-electron chi connectivity index (χ4n) is 6.58. The van der Waals surface area contributed by atoms with E-state index in [-0.39, 0.29) is 5.41 Å². The maximum Gasteiger partial charge on any atom is 0.0598 e. The molecule has 2 fully saturated rings. The Morgan fingerprint density at radius 1 is 1.00 bits per heavy atom. The highest BCUT2D eigenvalue weighted by Crippen LogP contribution is 2.53. The molecule has 0 spiro atoms. The van der Waals surface area contributed by atoms with E-state index in [9.17, 15) is 0 Å². The van der Waals surface area contributed by atoms with E-state index in [1.807, 2.05) is 0 Å². The van der Waals surface area contributed by atoms with Crippen molar-refractivity contribution in [3.63, 3.8) is 0 Å². The number of rotatable bonds is 10. The van der Waals surface area contributed by atoms with Crippen LogP contribution in [-0.4, -0.2) is 25.8 Å². The Balaban J connectivity index is 1.75. The molecule has 2 atom stereocenters. The molecule has 0 bridgehead atoms. The molecule has 2 nitrogen and oxygen atoms in total. The predicted molar refractivity (Wildman–Crippen MR) is 133 cm³/mol. The topological polar surface area (TPSA) is 21.3 Å². The summed E-state index contributed by atoms with van der Waals surface area (Å²) in [5.74, 6) is 2.20. The normalized spacial score (nSPS) is 25.4. The van der Waals surface area contributed by atoms with Crippen LogP contribution in [0.1, 0.15) is 108 Å². The molecule has 2 heteroatoms. The third kappa shape index (κ3) is 4.96. The quantitative estimate of drug-likeness (QED) is 0.428. The summed E-state index contributed by atoms with van der Waals surface area (Å²) in [4.78, 5) is 0. The van der Waals surface area contributed by atoms with Crippen LogP contribution < -0.4 is 5.32 Å². The number of hydrogen-bond acceptors (Lipinski definition) is 2. The van der Waals surface area contributed by atoms with E-state index in [0.717, 1.165) is 38.0 Å². The Hall–Kier alpha value is -1.12. The van der Waals surface area contributed by atoms with Gasteiger partial charge < -0.3 is 10.1 Å². The van der Waals surface area contributed by atoms with Crippen molar-refractivity contribution < 1.29 is 4.74 Å². The van der Waals surface area contributed by atoms with E-state index in [1.54, 1.807) is 22.3 Å². The van der Waals surface area contributed by atoms with Crippen LogP contribution >= 0.6 is 0 Å². The molecule has 1 aromatic carbocycles. The number of benzene rings is 1. The number of nitrogens with one attached hydrogen (secondary N) is 1. The lowest BCUT2D eigenvalue weighted by Gasteiger charge is -2.33. The van der Waals surface area contributed by atoms with E-state index in [4.69, 9.17) is 4.74 Å². The van der Waals surface area contributed by atoms with E-state index in [0.29, 0.717) is 12.0 Å². The molecule has 172 valence electrons. The van der Waals surface area contributed by atoms with Crippen molar-refractivity contribution in [3.8, 4) is 0 Å². The summed E-state index contributed by atoms with van der Waals surface area (Å²) in [6, 6.07) is 7.74. The summed E-state index contributed by atoms with van der Waals surface area (Å²) in [5, 5.41) is 3.81. The van der Waals surface area contributed by atoms with Gasteiger partial charge in [0.2, 0.25) is 0 Å². The van der Waals surface area contributed by atoms with Gasteiger partial charge in [0.15, 0.2) is 0 Å². The Bertz CT molecular complexity index is 754. The van der Waals surface area contributed by atoms with Gasteiger partial charge in [-0.25, -0.2) is 0 Å². The minimum atomic E-state index is 0.0152. The molecule has 0 heterocycles. The highest BCUT2D eigenvalue weighted by molar-refractivity contribution is 5.81. The molecule has 0 amide bonds. The fraction of sp³-hybridized carbons (Fsp3) is 0.724. The van der Waals surface area contributed by atoms with Crippen LogP contribution in [0, 0.1) is 11.8 Å². The number of ether oxygens (including phenoxy) is 1. The Kier molecular flexibility index (Phi) is 7.60. The SMILES string of the molecule is CCOCC1(CC(C)NCC(C)C)C=C(C2CCCC2)c2c(C3CCCC3)cccc21. The first-order valence-electron chi connectivity index (χ1n) is 13.2. The monoisotopic (exact) mass is 423 g/mol. The first kappa shape index (κ1) is 23.1. The number of allylic oxidation sites excluding steroid dienone is 1. The zero-order valence-corrected chi connectivity index (χ0v) is 20.5. The molecule has 0 aliphatic heterocycles. The second-order valence-corrected chi connectivity index (χ2v) is 11.0. The summed E-state index contributed by atoms with van der Waals surface area (Å²) < 4.78 is 6.21. The van der Waals surface area contributed by atoms with Crippen LogP contribution in [0.2, 0.25) is 0 Å². The Morgan fingerprint density at radius 3 is 2.32 bits per heavy atom. The maximum absolute atomic E-state index is 6.21. The zero-order chi connectivity index (χ0) is 21.8. The molecule has 2 unspecified atom stereocenters. The minimum Gasteiger partial charge on any atom is -0.380 e. The van der Waals surface area contributed by atoms with Crippen LogP contribution in [0.5, 0.6) is 0 Å². The molecule has 2 saturated carbocycles. The molecule has 1 aromatic rings. The highest BCUT2D eigenvalue weighted by atomic mass is 16.5. The van der Waals surface area contributed by atoms with Gasteiger partial charge in [0.05, 0.1) is 6.61 Å². The molecule has 4 rings (SSSR count). The van der Waals surface area contributed by atoms with Crippen LogP contribution in [0.3, 0.4) is 0 Å². The van der Waals surface area contributed by atoms with Crippen molar-refractivity contribution in [3.05, 3.63) is 41.0 Å². The van der Waals surface area contributed by atoms with Crippen molar-refractivity contribution >= 4 is 5.57 Å². The third-order valence-corrected chi connectivity index (χ3v) is 8.05. The third-order valence-electron chi connectivity index (χ3n) is 8.05. The number of hydrogen-bond donors (Lipinski definition) is 1. The van der Waals surface area contributed by atoms with Crippen molar-refractivity contribution in [2.75, 3.05) is 19.8 Å². The van der Waals surface area contributed by atoms with Gasteiger partial charge in [-0.15, -0.1) is 0 Å². The predicted octanol–water partition coefficient (Wildman–Crippen LogP) is 7.23. The second kappa shape index (κ2) is 10.2. The first-order chi connectivity index (χ1) is 15.0. The van der Waals surface area contributed by atoms with E-state index < -0.39 is 0 Å². The fourth-order valence-corrected chi connectivity index (χ4v) is 6.58. The number of fused-ring (bicyclic) bond motifs is 1. The summed E-state index contributed by atoms with van der Waals surface area (Å²) in [7, 11) is 0. The average Bonchev–Trinajstić information content (AvgIpc) is 3.51. The molecule has 1 N–H and O–H groups in total. The van der Waals surface area contributed by atoms with E-state index in [1.165, 1.54) is 51.4 Å². The van der Waals surface area contributed by atoms with Crippen molar-refractivity contribution in [1.29, 1.82) is 0 Å². The van der Waals surface area contributed by atoms with Gasteiger partial charge in [-0.1, -0.05) is 63.8 Å². The van der Waals surface area contributed by atoms with Crippen LogP contribution in [0.4, 0.5) is 0 Å². The first-order valence-corrected chi connectivity index (χ1v) is 13.2. The van der Waals surface area contributed by atoms with Crippen molar-refractivity contribution in [2.24, 2.45) is 11.8 Å². The summed E-state index contributed by atoms with van der Waals surface area (Å²) >= 11 is 0. The van der Waals surface area contributed by atoms with Gasteiger partial charge in [-0.05, 0) is 92.5 Å². The molecule has 3 aliphatic rings. The highest BCUT2D eigenvalue weighted by Gasteiger charge is 2.43. The van der Waals surface area contributed by atoms with Crippen LogP contribution in [-0.2, 0) is 10.2 Å². The minimum absolute atomic E-state index is 0.0152. The van der Waals surface area contributed by atoms with Gasteiger partial charge in [0.1, 0.15) is 0 Å². The summed E-state index contributed by atoms with van der Waals surface area (Å²) in [5.41, 5.74) is 6.59. The molecule has 0 radical (unpaired) electrons. The summed E-state index contributed by atoms with van der Waals surface area (Å²) in [6.07, 6.45) is 14.9. The smallest absolute Gasteiger partial charge is 0.0598 e. The van der Waals surface area contributed by atoms with Gasteiger partial charge in [-0.3, -0.25) is 0 Å². The van der Waals surface area contributed by atoms with Crippen LogP contribution in [0.25, 0.3) is 5.57 Å². The van der Waals surface area contributed by atoms with Crippen molar-refractivity contribution in [2.45, 2.75) is 103 Å². The average molecular weight is 424 g/mol. The Morgan fingerprint density at radius 2 is 1.68 bits per heavy atom. The van der Waals surface area contributed by atoms with Gasteiger partial charge in [0, 0.05) is 18.1 Å². The van der Waals surface area contributed by atoms with Crippen molar-refractivity contribution in [1.82, 2.24) is 5.32 Å². The van der Waals surface area contributed by atoms with E-state index in [2.05, 4.69) is 57.3 Å². The van der Waals surface area contributed by atoms with Gasteiger partial charge >= 0.3 is 0 Å². The Labute approximate surface area is 191 Å². The molecule has 3 aliphatic carbocycles. The maximum atomic E-state index is 6.21. The molecular weight excluding hydrogens is 378 g/mol. The standard InChI is InChI=1S/C29H45NO/c1-5-31-20-29(17-22(4)30-19-21(2)3)18-26(24-13-8-9-14-24)28-25(15-10-16-27(28)29)23-11-6-7-12-23/h10,15-16,18,21-24,30H,5-9,11-14,17,19-20H2,1-4H3. The van der Waals surface area contributed by atoms with Crippen LogP contribution in [0.15, 0.2) is 24.3 Å². The second-order valence-electron chi connectivity index (χ2n) is 11.0. The summed E-state index contributed by atoms with van der Waals surface area (Å²) in [6.45, 7) is 11.8. The molecule has 31 heavy (non-hydrogen) atoms. The molecule has 0 aromatic heterocycles. The zero-order valence-electron chi connectivity index (χ0n) is 20.5. The van der Waals surface area contributed by atoms with E-state index >= 15 is 0 Å². The van der Waals surface area contributed by atoms with Gasteiger partial charge in [-0.2, -0.15) is 0 Å². The lowest BCUT2D eigenvalue weighted by molar-refractivity contribution is 0.102. The largest absolute Gasteiger partial charge is 0.380 e. The molecule has 0 saturated heterocycles. The van der Waals surface area contributed by atoms with Gasteiger partial charge in [0.25, 0.3) is 0 Å². The lowest BCUT2D eigenvalue weighted by atomic mass is 9.76. The molecular formula is C29H45NO. The lowest BCUT2D eigenvalue weighted by Crippen LogP contribution is -2.39.